The van der Waals surface area contributed by atoms with E-state index in [4.69, 9.17) is 58.4 Å². The lowest BCUT2D eigenvalue weighted by molar-refractivity contribution is 0.122. The fourth-order valence-corrected chi connectivity index (χ4v) is 5.20. The van der Waals surface area contributed by atoms with E-state index in [1.54, 1.807) is 26.4 Å². The van der Waals surface area contributed by atoms with Crippen LogP contribution in [0.4, 0.5) is 23.5 Å². The molecule has 15 heteroatoms. The van der Waals surface area contributed by atoms with Crippen LogP contribution >= 0.6 is 23.2 Å². The van der Waals surface area contributed by atoms with E-state index in [9.17, 15) is 0 Å². The predicted molar refractivity (Wildman–Crippen MR) is 194 cm³/mol. The molecule has 0 radical (unpaired) electrons. The molecule has 0 amide bonds. The van der Waals surface area contributed by atoms with E-state index in [1.165, 1.54) is 12.4 Å². The molecular weight excluding hydrogens is 671 g/mol. The molecular formula is C34H44Cl2N8O5. The first-order valence-electron chi connectivity index (χ1n) is 15.8. The van der Waals surface area contributed by atoms with E-state index < -0.39 is 0 Å². The minimum absolute atomic E-state index is 0.128. The number of nitrogens with two attached hydrogens (primary N) is 2. The maximum atomic E-state index is 6.34. The smallest absolute Gasteiger partial charge is 0.225 e. The van der Waals surface area contributed by atoms with Gasteiger partial charge in [0.05, 0.1) is 49.9 Å². The number of nitrogens with one attached hydrogen (secondary N) is 2. The third-order valence-corrected chi connectivity index (χ3v) is 7.90. The zero-order valence-corrected chi connectivity index (χ0v) is 30.4. The van der Waals surface area contributed by atoms with Crippen molar-refractivity contribution in [2.75, 3.05) is 49.5 Å². The molecule has 0 aliphatic rings. The number of benzene rings is 2. The maximum Gasteiger partial charge on any atom is 0.225 e. The molecule has 0 aliphatic carbocycles. The Morgan fingerprint density at radius 3 is 1.33 bits per heavy atom. The Morgan fingerprint density at radius 1 is 0.612 bits per heavy atom. The Labute approximate surface area is 297 Å². The minimum atomic E-state index is -0.128. The van der Waals surface area contributed by atoms with Crippen LogP contribution in [0.3, 0.4) is 0 Å². The van der Waals surface area contributed by atoms with Crippen molar-refractivity contribution in [3.8, 4) is 34.5 Å². The highest BCUT2D eigenvalue weighted by atomic mass is 35.5. The summed E-state index contributed by atoms with van der Waals surface area (Å²) in [4.78, 5) is 17.5. The second-order valence-electron chi connectivity index (χ2n) is 12.1. The number of anilines is 4. The average molecular weight is 716 g/mol. The molecule has 0 bridgehead atoms. The van der Waals surface area contributed by atoms with Crippen LogP contribution in [0.25, 0.3) is 0 Å². The average Bonchev–Trinajstić information content (AvgIpc) is 3.03. The van der Waals surface area contributed by atoms with Gasteiger partial charge >= 0.3 is 0 Å². The zero-order chi connectivity index (χ0) is 35.8. The summed E-state index contributed by atoms with van der Waals surface area (Å²) < 4.78 is 28.7. The molecule has 2 atom stereocenters. The van der Waals surface area contributed by atoms with Crippen LogP contribution in [-0.2, 0) is 4.74 Å². The van der Waals surface area contributed by atoms with E-state index >= 15 is 0 Å². The lowest BCUT2D eigenvalue weighted by Gasteiger charge is -2.19. The van der Waals surface area contributed by atoms with Crippen molar-refractivity contribution in [3.05, 3.63) is 57.8 Å². The first kappa shape index (κ1) is 37.4. The molecule has 0 saturated carbocycles. The van der Waals surface area contributed by atoms with Crippen molar-refractivity contribution in [2.45, 2.75) is 65.5 Å². The van der Waals surface area contributed by atoms with E-state index in [-0.39, 0.29) is 35.6 Å². The molecule has 4 rings (SSSR count). The third kappa shape index (κ3) is 9.80. The summed E-state index contributed by atoms with van der Waals surface area (Å²) in [6.07, 6.45) is 3.04. The lowest BCUT2D eigenvalue weighted by atomic mass is 10.0. The molecule has 2 unspecified atom stereocenters. The van der Waals surface area contributed by atoms with Gasteiger partial charge in [-0.3, -0.25) is 0 Å². The molecule has 0 fully saturated rings. The normalized spacial score (nSPS) is 12.5. The van der Waals surface area contributed by atoms with Crippen LogP contribution in [0, 0.1) is 0 Å². The SMILES string of the molecule is COc1cc(C(C)C)c(Oc2cnc(NC(C)COCC(C)Nc3ncc(Oc4cc(Cl)c(OC)cc4C(C)C)c(N)n3)nc2N)cc1Cl. The molecule has 13 nitrogen and oxygen atoms in total. The molecule has 2 heterocycles. The van der Waals surface area contributed by atoms with Gasteiger partial charge in [0, 0.05) is 35.3 Å². The molecule has 4 aromatic rings. The van der Waals surface area contributed by atoms with Gasteiger partial charge in [0.25, 0.3) is 0 Å². The number of nitrogens with zero attached hydrogens (tertiary/aromatic N) is 4. The van der Waals surface area contributed by atoms with Crippen molar-refractivity contribution < 1.29 is 23.7 Å². The summed E-state index contributed by atoms with van der Waals surface area (Å²) in [5.74, 6) is 4.20. The largest absolute Gasteiger partial charge is 0.495 e. The summed E-state index contributed by atoms with van der Waals surface area (Å²) in [7, 11) is 3.14. The van der Waals surface area contributed by atoms with Crippen molar-refractivity contribution in [3.63, 3.8) is 0 Å². The topological polar surface area (TPSA) is 174 Å². The minimum Gasteiger partial charge on any atom is -0.495 e. The van der Waals surface area contributed by atoms with Crippen LogP contribution in [0.15, 0.2) is 36.7 Å². The van der Waals surface area contributed by atoms with Crippen LogP contribution < -0.4 is 41.0 Å². The highest BCUT2D eigenvalue weighted by Crippen LogP contribution is 2.40. The number of rotatable bonds is 16. The van der Waals surface area contributed by atoms with Crippen molar-refractivity contribution in [1.82, 2.24) is 19.9 Å². The van der Waals surface area contributed by atoms with E-state index in [1.807, 2.05) is 53.7 Å². The van der Waals surface area contributed by atoms with Crippen LogP contribution in [-0.4, -0.2) is 59.5 Å². The van der Waals surface area contributed by atoms with Gasteiger partial charge in [-0.05, 0) is 37.8 Å². The Kier molecular flexibility index (Phi) is 12.8. The summed E-state index contributed by atoms with van der Waals surface area (Å²) in [6.45, 7) is 12.8. The number of hydrogen-bond acceptors (Lipinski definition) is 13. The fraction of sp³-hybridized carbons (Fsp3) is 0.412. The van der Waals surface area contributed by atoms with Crippen LogP contribution in [0.5, 0.6) is 34.5 Å². The fourth-order valence-electron chi connectivity index (χ4n) is 4.74. The molecule has 49 heavy (non-hydrogen) atoms. The van der Waals surface area contributed by atoms with E-state index in [0.29, 0.717) is 69.7 Å². The second kappa shape index (κ2) is 16.8. The van der Waals surface area contributed by atoms with Crippen molar-refractivity contribution >= 4 is 46.7 Å². The molecule has 0 aliphatic heterocycles. The van der Waals surface area contributed by atoms with Gasteiger partial charge in [0.15, 0.2) is 23.1 Å². The Hall–Kier alpha value is -4.46. The number of halogens is 2. The van der Waals surface area contributed by atoms with Crippen molar-refractivity contribution in [2.24, 2.45) is 0 Å². The van der Waals surface area contributed by atoms with E-state index in [0.717, 1.165) is 11.1 Å². The Balaban J connectivity index is 1.28. The molecule has 0 spiro atoms. The molecule has 264 valence electrons. The number of hydrogen-bond donors (Lipinski definition) is 4. The molecule has 2 aromatic carbocycles. The number of methoxy groups -OCH3 is 2. The van der Waals surface area contributed by atoms with Crippen LogP contribution in [0.1, 0.15) is 64.5 Å². The second-order valence-corrected chi connectivity index (χ2v) is 12.9. The summed E-state index contributed by atoms with van der Waals surface area (Å²) in [5, 5.41) is 7.24. The lowest BCUT2D eigenvalue weighted by Crippen LogP contribution is -2.28. The maximum absolute atomic E-state index is 6.34. The van der Waals surface area contributed by atoms with Crippen molar-refractivity contribution in [1.29, 1.82) is 0 Å². The van der Waals surface area contributed by atoms with Gasteiger partial charge in [0.1, 0.15) is 23.0 Å². The molecule has 6 N–H and O–H groups in total. The third-order valence-electron chi connectivity index (χ3n) is 7.30. The van der Waals surface area contributed by atoms with Gasteiger partial charge in [-0.15, -0.1) is 0 Å². The summed E-state index contributed by atoms with van der Waals surface area (Å²) in [5.41, 5.74) is 14.3. The number of ether oxygens (including phenoxy) is 5. The Morgan fingerprint density at radius 2 is 1.00 bits per heavy atom. The summed E-state index contributed by atoms with van der Waals surface area (Å²) >= 11 is 12.7. The predicted octanol–water partition coefficient (Wildman–Crippen LogP) is 7.90. The summed E-state index contributed by atoms with van der Waals surface area (Å²) in [6, 6.07) is 6.84. The Bertz CT molecular complexity index is 1620. The van der Waals surface area contributed by atoms with E-state index in [2.05, 4.69) is 30.6 Å². The number of nitrogen functional groups attached to an aromatic ring is 2. The first-order chi connectivity index (χ1) is 23.3. The van der Waals surface area contributed by atoms with Crippen LogP contribution in [0.2, 0.25) is 10.0 Å². The van der Waals surface area contributed by atoms with Gasteiger partial charge in [-0.1, -0.05) is 50.9 Å². The standard InChI is InChI=1S/C34H44Cl2N8O5/c1-17(2)21-9-27(45-7)23(35)11-25(21)48-29-13-39-33(43-31(29)37)41-19(5)15-47-16-20(6)42-34-40-14-30(32(38)44-34)49-26-12-24(36)28(46-8)10-22(26)18(3)4/h9-14,17-20H,15-16H2,1-8H3,(H3,37,39,41,43)(H3,38,40,42,44). The highest BCUT2D eigenvalue weighted by molar-refractivity contribution is 6.32. The number of aromatic nitrogens is 4. The van der Waals surface area contributed by atoms with Gasteiger partial charge < -0.3 is 45.8 Å². The monoisotopic (exact) mass is 714 g/mol. The molecule has 0 saturated heterocycles. The molecule has 2 aromatic heterocycles. The quantitative estimate of drug-likeness (QED) is 0.0882. The van der Waals surface area contributed by atoms with Gasteiger partial charge in [-0.25, -0.2) is 9.97 Å². The van der Waals surface area contributed by atoms with Gasteiger partial charge in [0.2, 0.25) is 11.9 Å². The zero-order valence-electron chi connectivity index (χ0n) is 28.9. The van der Waals surface area contributed by atoms with Gasteiger partial charge in [-0.2, -0.15) is 9.97 Å². The first-order valence-corrected chi connectivity index (χ1v) is 16.5. The highest BCUT2D eigenvalue weighted by Gasteiger charge is 2.18.